The molecule has 0 saturated heterocycles. The standard InChI is InChI=1S/C17H23FN2O.ClH/c1-10-5-6-15(14(18)7-10)20-17(21)13-8-11-3-2-4-12(9-13)16(11)19;/h5-7,11-13,16H,2-4,8-9,19H2,1H3,(H,20,21);1H. The van der Waals surface area contributed by atoms with E-state index in [1.807, 2.05) is 13.0 Å². The maximum Gasteiger partial charge on any atom is 0.227 e. The Balaban J connectivity index is 0.00000176. The molecule has 1 amide bonds. The molecular weight excluding hydrogens is 303 g/mol. The van der Waals surface area contributed by atoms with Crippen LogP contribution in [0.5, 0.6) is 0 Å². The lowest BCUT2D eigenvalue weighted by Gasteiger charge is -2.43. The van der Waals surface area contributed by atoms with Crippen LogP contribution >= 0.6 is 12.4 Å². The van der Waals surface area contributed by atoms with Gasteiger partial charge in [-0.15, -0.1) is 12.4 Å². The van der Waals surface area contributed by atoms with Crippen LogP contribution in [-0.4, -0.2) is 11.9 Å². The third kappa shape index (κ3) is 3.44. The number of hydrogen-bond donors (Lipinski definition) is 2. The maximum atomic E-state index is 13.8. The van der Waals surface area contributed by atoms with E-state index < -0.39 is 0 Å². The van der Waals surface area contributed by atoms with E-state index in [2.05, 4.69) is 5.32 Å². The van der Waals surface area contributed by atoms with Crippen LogP contribution in [0.25, 0.3) is 0 Å². The molecule has 5 heteroatoms. The topological polar surface area (TPSA) is 55.1 Å². The van der Waals surface area contributed by atoms with Crippen molar-refractivity contribution in [1.82, 2.24) is 0 Å². The van der Waals surface area contributed by atoms with Gasteiger partial charge in [0.2, 0.25) is 5.91 Å². The number of carbonyl (C=O) groups is 1. The average Bonchev–Trinajstić information content (AvgIpc) is 2.41. The highest BCUT2D eigenvalue weighted by Crippen LogP contribution is 2.42. The first-order valence-electron chi connectivity index (χ1n) is 7.87. The average molecular weight is 327 g/mol. The van der Waals surface area contributed by atoms with Crippen molar-refractivity contribution < 1.29 is 9.18 Å². The normalized spacial score (nSPS) is 30.3. The minimum atomic E-state index is -0.365. The summed E-state index contributed by atoms with van der Waals surface area (Å²) in [4.78, 5) is 12.4. The predicted molar refractivity (Wildman–Crippen MR) is 88.5 cm³/mol. The van der Waals surface area contributed by atoms with Crippen molar-refractivity contribution in [2.24, 2.45) is 23.5 Å². The molecule has 0 aromatic heterocycles. The number of nitrogens with one attached hydrogen (secondary N) is 1. The Morgan fingerprint density at radius 2 is 1.91 bits per heavy atom. The van der Waals surface area contributed by atoms with Crippen molar-refractivity contribution >= 4 is 24.0 Å². The Morgan fingerprint density at radius 1 is 1.27 bits per heavy atom. The highest BCUT2D eigenvalue weighted by Gasteiger charge is 2.40. The lowest BCUT2D eigenvalue weighted by molar-refractivity contribution is -0.122. The van der Waals surface area contributed by atoms with Gasteiger partial charge < -0.3 is 11.1 Å². The minimum Gasteiger partial charge on any atom is -0.327 e. The molecule has 2 fully saturated rings. The Labute approximate surface area is 137 Å². The molecule has 3 nitrogen and oxygen atoms in total. The molecule has 2 aliphatic rings. The summed E-state index contributed by atoms with van der Waals surface area (Å²) in [5, 5.41) is 2.76. The smallest absolute Gasteiger partial charge is 0.227 e. The quantitative estimate of drug-likeness (QED) is 0.871. The molecule has 0 radical (unpaired) electrons. The lowest BCUT2D eigenvalue weighted by atomic mass is 9.65. The zero-order valence-electron chi connectivity index (χ0n) is 12.8. The van der Waals surface area contributed by atoms with Gasteiger partial charge >= 0.3 is 0 Å². The molecule has 0 heterocycles. The first-order valence-corrected chi connectivity index (χ1v) is 7.87. The molecule has 0 aliphatic heterocycles. The van der Waals surface area contributed by atoms with Gasteiger partial charge in [0.15, 0.2) is 0 Å². The summed E-state index contributed by atoms with van der Waals surface area (Å²) in [6.45, 7) is 1.83. The fourth-order valence-corrected chi connectivity index (χ4v) is 3.96. The molecule has 0 spiro atoms. The molecule has 1 aromatic rings. The molecule has 2 saturated carbocycles. The van der Waals surface area contributed by atoms with E-state index in [0.717, 1.165) is 31.2 Å². The fourth-order valence-electron chi connectivity index (χ4n) is 3.96. The third-order valence-corrected chi connectivity index (χ3v) is 5.17. The second-order valence-electron chi connectivity index (χ2n) is 6.67. The molecule has 2 bridgehead atoms. The van der Waals surface area contributed by atoms with E-state index in [-0.39, 0.29) is 41.8 Å². The zero-order chi connectivity index (χ0) is 15.0. The van der Waals surface area contributed by atoms with Crippen molar-refractivity contribution in [3.63, 3.8) is 0 Å². The number of fused-ring (bicyclic) bond motifs is 2. The number of amides is 1. The van der Waals surface area contributed by atoms with Gasteiger partial charge in [-0.3, -0.25) is 4.79 Å². The van der Waals surface area contributed by atoms with Gasteiger partial charge in [-0.25, -0.2) is 4.39 Å². The van der Waals surface area contributed by atoms with Gasteiger partial charge in [-0.1, -0.05) is 12.5 Å². The molecule has 1 aromatic carbocycles. The van der Waals surface area contributed by atoms with Crippen molar-refractivity contribution in [3.8, 4) is 0 Å². The first kappa shape index (κ1) is 17.2. The SMILES string of the molecule is Cc1ccc(NC(=O)C2CC3CCCC(C2)C3N)c(F)c1.Cl. The summed E-state index contributed by atoms with van der Waals surface area (Å²) in [6, 6.07) is 5.14. The Hall–Kier alpha value is -1.13. The Bertz CT molecular complexity index is 537. The Kier molecular flexibility index (Phi) is 5.45. The number of carbonyl (C=O) groups excluding carboxylic acids is 1. The van der Waals surface area contributed by atoms with E-state index in [4.69, 9.17) is 5.73 Å². The largest absolute Gasteiger partial charge is 0.327 e. The zero-order valence-corrected chi connectivity index (χ0v) is 13.7. The maximum absolute atomic E-state index is 13.8. The lowest BCUT2D eigenvalue weighted by Crippen LogP contribution is -2.48. The summed E-state index contributed by atoms with van der Waals surface area (Å²) in [7, 11) is 0. The molecule has 3 N–H and O–H groups in total. The number of rotatable bonds is 2. The van der Waals surface area contributed by atoms with Crippen LogP contribution in [0.1, 0.15) is 37.7 Å². The summed E-state index contributed by atoms with van der Waals surface area (Å²) >= 11 is 0. The number of halogens is 2. The molecule has 3 rings (SSSR count). The van der Waals surface area contributed by atoms with Crippen LogP contribution in [0.3, 0.4) is 0 Å². The second kappa shape index (κ2) is 6.97. The minimum absolute atomic E-state index is 0. The first-order chi connectivity index (χ1) is 10.0. The van der Waals surface area contributed by atoms with Gasteiger partial charge in [0.05, 0.1) is 5.69 Å². The molecule has 2 aliphatic carbocycles. The number of aryl methyl sites for hydroxylation is 1. The summed E-state index contributed by atoms with van der Waals surface area (Å²) in [5.41, 5.74) is 7.38. The molecule has 2 atom stereocenters. The Morgan fingerprint density at radius 3 is 2.50 bits per heavy atom. The van der Waals surface area contributed by atoms with Crippen molar-refractivity contribution in [2.45, 2.75) is 45.1 Å². The van der Waals surface area contributed by atoms with Crippen LogP contribution < -0.4 is 11.1 Å². The number of hydrogen-bond acceptors (Lipinski definition) is 2. The van der Waals surface area contributed by atoms with Crippen molar-refractivity contribution in [1.29, 1.82) is 0 Å². The van der Waals surface area contributed by atoms with Gasteiger partial charge in [-0.2, -0.15) is 0 Å². The number of benzene rings is 1. The summed E-state index contributed by atoms with van der Waals surface area (Å²) < 4.78 is 13.8. The highest BCUT2D eigenvalue weighted by molar-refractivity contribution is 5.92. The van der Waals surface area contributed by atoms with E-state index >= 15 is 0 Å². The van der Waals surface area contributed by atoms with E-state index in [1.54, 1.807) is 6.07 Å². The third-order valence-electron chi connectivity index (χ3n) is 5.17. The highest BCUT2D eigenvalue weighted by atomic mass is 35.5. The van der Waals surface area contributed by atoms with Gasteiger partial charge in [0.25, 0.3) is 0 Å². The van der Waals surface area contributed by atoms with E-state index in [1.165, 1.54) is 12.5 Å². The number of anilines is 1. The fraction of sp³-hybridized carbons (Fsp3) is 0.588. The monoisotopic (exact) mass is 326 g/mol. The van der Waals surface area contributed by atoms with Crippen LogP contribution in [0.15, 0.2) is 18.2 Å². The summed E-state index contributed by atoms with van der Waals surface area (Å²) in [5.74, 6) is 0.464. The summed E-state index contributed by atoms with van der Waals surface area (Å²) in [6.07, 6.45) is 5.17. The van der Waals surface area contributed by atoms with Crippen LogP contribution in [0.2, 0.25) is 0 Å². The van der Waals surface area contributed by atoms with Gasteiger partial charge in [0.1, 0.15) is 5.82 Å². The van der Waals surface area contributed by atoms with Crippen molar-refractivity contribution in [3.05, 3.63) is 29.6 Å². The number of nitrogens with two attached hydrogens (primary N) is 1. The van der Waals surface area contributed by atoms with Gasteiger partial charge in [0, 0.05) is 12.0 Å². The van der Waals surface area contributed by atoms with Crippen LogP contribution in [0, 0.1) is 30.5 Å². The second-order valence-corrected chi connectivity index (χ2v) is 6.67. The van der Waals surface area contributed by atoms with Crippen LogP contribution in [0.4, 0.5) is 10.1 Å². The molecule has 2 unspecified atom stereocenters. The van der Waals surface area contributed by atoms with E-state index in [0.29, 0.717) is 11.8 Å². The van der Waals surface area contributed by atoms with Gasteiger partial charge in [-0.05, 0) is 62.1 Å². The van der Waals surface area contributed by atoms with Crippen LogP contribution in [-0.2, 0) is 4.79 Å². The molecule has 122 valence electrons. The molecular formula is C17H24ClFN2O. The molecule has 22 heavy (non-hydrogen) atoms. The van der Waals surface area contributed by atoms with Crippen molar-refractivity contribution in [2.75, 3.05) is 5.32 Å². The van der Waals surface area contributed by atoms with E-state index in [9.17, 15) is 9.18 Å². The predicted octanol–water partition coefficient (Wildman–Crippen LogP) is 3.65.